The van der Waals surface area contributed by atoms with Gasteiger partial charge in [0.25, 0.3) is 0 Å². The van der Waals surface area contributed by atoms with E-state index in [0.29, 0.717) is 13.0 Å². The summed E-state index contributed by atoms with van der Waals surface area (Å²) in [6.07, 6.45) is 0.687. The van der Waals surface area contributed by atoms with Crippen molar-refractivity contribution in [2.24, 2.45) is 0 Å². The monoisotopic (exact) mass is 316 g/mol. The van der Waals surface area contributed by atoms with Gasteiger partial charge in [-0.2, -0.15) is 0 Å². The van der Waals surface area contributed by atoms with Crippen LogP contribution in [0.5, 0.6) is 0 Å². The summed E-state index contributed by atoms with van der Waals surface area (Å²) in [5.74, 6) is 0.516. The van der Waals surface area contributed by atoms with E-state index in [1.807, 2.05) is 32.2 Å². The zero-order valence-electron chi connectivity index (χ0n) is 11.9. The lowest BCUT2D eigenvalue weighted by Gasteiger charge is -2.28. The van der Waals surface area contributed by atoms with E-state index in [2.05, 4.69) is 10.2 Å². The van der Waals surface area contributed by atoms with Gasteiger partial charge in [0.05, 0.1) is 11.5 Å². The number of halogens is 1. The van der Waals surface area contributed by atoms with Crippen LogP contribution >= 0.6 is 11.6 Å². The lowest BCUT2D eigenvalue weighted by atomic mass is 10.1. The van der Waals surface area contributed by atoms with E-state index >= 15 is 0 Å². The molecule has 1 aromatic rings. The summed E-state index contributed by atoms with van der Waals surface area (Å²) in [4.78, 5) is 2.06. The van der Waals surface area contributed by atoms with Gasteiger partial charge in [-0.05, 0) is 25.1 Å². The van der Waals surface area contributed by atoms with Crippen molar-refractivity contribution in [2.75, 3.05) is 30.0 Å². The lowest BCUT2D eigenvalue weighted by molar-refractivity contribution is 0.600. The van der Waals surface area contributed by atoms with Gasteiger partial charge in [0.2, 0.25) is 0 Å². The van der Waals surface area contributed by atoms with E-state index in [-0.39, 0.29) is 17.5 Å². The molecule has 2 rings (SSSR count). The van der Waals surface area contributed by atoms with Crippen LogP contribution in [0.15, 0.2) is 18.2 Å². The highest BCUT2D eigenvalue weighted by Crippen LogP contribution is 2.30. The largest absolute Gasteiger partial charge is 0.370 e. The quantitative estimate of drug-likeness (QED) is 0.903. The number of nitrogens with zero attached hydrogens (tertiary/aromatic N) is 1. The van der Waals surface area contributed by atoms with Gasteiger partial charge in [0, 0.05) is 35.9 Å². The molecule has 0 saturated carbocycles. The molecule has 1 aliphatic rings. The fourth-order valence-corrected chi connectivity index (χ4v) is 4.59. The minimum atomic E-state index is -2.88. The van der Waals surface area contributed by atoms with E-state index < -0.39 is 9.84 Å². The van der Waals surface area contributed by atoms with E-state index in [9.17, 15) is 8.42 Å². The zero-order chi connectivity index (χ0) is 14.8. The van der Waals surface area contributed by atoms with Crippen molar-refractivity contribution in [3.8, 4) is 0 Å². The van der Waals surface area contributed by atoms with E-state index in [0.717, 1.165) is 22.8 Å². The molecule has 1 heterocycles. The Morgan fingerprint density at radius 2 is 2.20 bits per heavy atom. The summed E-state index contributed by atoms with van der Waals surface area (Å²) in [5.41, 5.74) is 2.04. The maximum atomic E-state index is 11.6. The van der Waals surface area contributed by atoms with Gasteiger partial charge in [-0.25, -0.2) is 8.42 Å². The van der Waals surface area contributed by atoms with Crippen molar-refractivity contribution in [3.63, 3.8) is 0 Å². The van der Waals surface area contributed by atoms with Crippen molar-refractivity contribution in [2.45, 2.75) is 25.9 Å². The molecule has 4 nitrogen and oxygen atoms in total. The number of benzene rings is 1. The first-order chi connectivity index (χ1) is 9.44. The molecule has 112 valence electrons. The lowest BCUT2D eigenvalue weighted by Crippen LogP contribution is -2.33. The average molecular weight is 317 g/mol. The number of hydrogen-bond acceptors (Lipinski definition) is 4. The van der Waals surface area contributed by atoms with Crippen molar-refractivity contribution in [1.29, 1.82) is 0 Å². The maximum absolute atomic E-state index is 11.6. The van der Waals surface area contributed by atoms with Crippen molar-refractivity contribution < 1.29 is 8.42 Å². The third-order valence-electron chi connectivity index (χ3n) is 3.78. The number of nitrogens with one attached hydrogen (secondary N) is 1. The Morgan fingerprint density at radius 1 is 1.45 bits per heavy atom. The topological polar surface area (TPSA) is 49.4 Å². The van der Waals surface area contributed by atoms with Gasteiger partial charge in [-0.3, -0.25) is 0 Å². The summed E-state index contributed by atoms with van der Waals surface area (Å²) in [5, 5.41) is 4.00. The molecule has 0 amide bonds. The molecule has 0 bridgehead atoms. The number of sulfone groups is 1. The van der Waals surface area contributed by atoms with Crippen molar-refractivity contribution >= 4 is 27.1 Å². The second kappa shape index (κ2) is 6.33. The first kappa shape index (κ1) is 15.6. The standard InChI is InChI=1S/C14H21ClN2O2S/c1-3-16-9-12-13(15)5-4-6-14(12)17(2)11-7-8-20(18,19)10-11/h4-6,11,16H,3,7-10H2,1-2H3. The molecule has 1 aromatic carbocycles. The minimum Gasteiger partial charge on any atom is -0.370 e. The Bertz CT molecular complexity index is 575. The van der Waals surface area contributed by atoms with Crippen LogP contribution in [0.2, 0.25) is 5.02 Å². The number of anilines is 1. The molecule has 1 fully saturated rings. The van der Waals surface area contributed by atoms with Gasteiger partial charge >= 0.3 is 0 Å². The Labute approximate surface area is 126 Å². The summed E-state index contributed by atoms with van der Waals surface area (Å²) in [6, 6.07) is 5.83. The molecule has 1 aliphatic heterocycles. The molecule has 0 spiro atoms. The summed E-state index contributed by atoms with van der Waals surface area (Å²) < 4.78 is 23.3. The molecule has 0 aliphatic carbocycles. The molecule has 6 heteroatoms. The second-order valence-corrected chi connectivity index (χ2v) is 7.82. The number of hydrogen-bond donors (Lipinski definition) is 1. The Hall–Kier alpha value is -0.780. The summed E-state index contributed by atoms with van der Waals surface area (Å²) >= 11 is 6.29. The van der Waals surface area contributed by atoms with Gasteiger partial charge in [0.15, 0.2) is 9.84 Å². The van der Waals surface area contributed by atoms with Gasteiger partial charge in [0.1, 0.15) is 0 Å². The highest BCUT2D eigenvalue weighted by molar-refractivity contribution is 7.91. The molecule has 1 N–H and O–H groups in total. The number of rotatable bonds is 5. The molecule has 1 atom stereocenters. The molecular formula is C14H21ClN2O2S. The third-order valence-corrected chi connectivity index (χ3v) is 5.89. The zero-order valence-corrected chi connectivity index (χ0v) is 13.5. The molecule has 0 radical (unpaired) electrons. The van der Waals surface area contributed by atoms with Gasteiger partial charge in [-0.15, -0.1) is 0 Å². The van der Waals surface area contributed by atoms with Gasteiger partial charge < -0.3 is 10.2 Å². The molecule has 20 heavy (non-hydrogen) atoms. The predicted molar refractivity (Wildman–Crippen MR) is 84.3 cm³/mol. The fraction of sp³-hybridized carbons (Fsp3) is 0.571. The van der Waals surface area contributed by atoms with Crippen LogP contribution in [-0.4, -0.2) is 39.6 Å². The van der Waals surface area contributed by atoms with Crippen LogP contribution in [0, 0.1) is 0 Å². The smallest absolute Gasteiger partial charge is 0.152 e. The Balaban J connectivity index is 2.25. The van der Waals surface area contributed by atoms with E-state index in [1.54, 1.807) is 0 Å². The molecular weight excluding hydrogens is 296 g/mol. The van der Waals surface area contributed by atoms with Crippen molar-refractivity contribution in [1.82, 2.24) is 5.32 Å². The van der Waals surface area contributed by atoms with Crippen LogP contribution in [0.25, 0.3) is 0 Å². The molecule has 0 aromatic heterocycles. The summed E-state index contributed by atoms with van der Waals surface area (Å²) in [7, 11) is -0.928. The molecule has 1 unspecified atom stereocenters. The minimum absolute atomic E-state index is 0.0406. The van der Waals surface area contributed by atoms with Crippen LogP contribution in [0.3, 0.4) is 0 Å². The van der Waals surface area contributed by atoms with Crippen LogP contribution < -0.4 is 10.2 Å². The average Bonchev–Trinajstić information content (AvgIpc) is 2.76. The SMILES string of the molecule is CCNCc1c(Cl)cccc1N(C)C1CCS(=O)(=O)C1. The fourth-order valence-electron chi connectivity index (χ4n) is 2.58. The van der Waals surface area contributed by atoms with Crippen LogP contribution in [0.4, 0.5) is 5.69 Å². The van der Waals surface area contributed by atoms with Crippen molar-refractivity contribution in [3.05, 3.63) is 28.8 Å². The Morgan fingerprint density at radius 3 is 2.80 bits per heavy atom. The van der Waals surface area contributed by atoms with Gasteiger partial charge in [-0.1, -0.05) is 24.6 Å². The third kappa shape index (κ3) is 3.45. The second-order valence-electron chi connectivity index (χ2n) is 5.19. The van der Waals surface area contributed by atoms with Crippen LogP contribution in [0.1, 0.15) is 18.9 Å². The van der Waals surface area contributed by atoms with Crippen LogP contribution in [-0.2, 0) is 16.4 Å². The maximum Gasteiger partial charge on any atom is 0.152 e. The first-order valence-corrected chi connectivity index (χ1v) is 9.06. The first-order valence-electron chi connectivity index (χ1n) is 6.86. The van der Waals surface area contributed by atoms with E-state index in [1.165, 1.54) is 0 Å². The highest BCUT2D eigenvalue weighted by Gasteiger charge is 2.31. The van der Waals surface area contributed by atoms with E-state index in [4.69, 9.17) is 11.6 Å². The predicted octanol–water partition coefficient (Wildman–Crippen LogP) is 2.07. The summed E-state index contributed by atoms with van der Waals surface area (Å²) in [6.45, 7) is 3.60. The highest BCUT2D eigenvalue weighted by atomic mass is 35.5. The Kier molecular flexibility index (Phi) is 4.94. The molecule has 1 saturated heterocycles. The normalized spacial score (nSPS) is 21.1.